The van der Waals surface area contributed by atoms with Gasteiger partial charge in [0.05, 0.1) is 23.0 Å². The molecule has 3 aromatic rings. The van der Waals surface area contributed by atoms with Crippen molar-refractivity contribution in [2.45, 2.75) is 13.0 Å². The Kier molecular flexibility index (Phi) is 5.03. The minimum Gasteiger partial charge on any atom is -0.324 e. The highest BCUT2D eigenvalue weighted by atomic mass is 32.2. The Balaban J connectivity index is 1.92. The average Bonchev–Trinajstić information content (AvgIpc) is 2.85. The molecule has 28 heavy (non-hydrogen) atoms. The number of hydrogen-bond acceptors (Lipinski definition) is 4. The third-order valence-electron chi connectivity index (χ3n) is 4.64. The largest absolute Gasteiger partial charge is 0.328 e. The number of imidazole rings is 1. The van der Waals surface area contributed by atoms with Crippen LogP contribution in [0.25, 0.3) is 11.0 Å². The van der Waals surface area contributed by atoms with Crippen LogP contribution in [-0.2, 0) is 28.9 Å². The SMILES string of the molecule is CC(C(=O)Nc1ccc2c(c1)n(C)c(=O)n2C)N(c1ccccc1)S(C)(=O)=O. The van der Waals surface area contributed by atoms with E-state index in [-0.39, 0.29) is 5.69 Å². The van der Waals surface area contributed by atoms with E-state index in [1.165, 1.54) is 16.1 Å². The molecule has 1 atom stereocenters. The Morgan fingerprint density at radius 3 is 2.25 bits per heavy atom. The lowest BCUT2D eigenvalue weighted by molar-refractivity contribution is -0.116. The lowest BCUT2D eigenvalue weighted by Crippen LogP contribution is -2.45. The summed E-state index contributed by atoms with van der Waals surface area (Å²) in [5.41, 5.74) is 2.13. The van der Waals surface area contributed by atoms with Crippen molar-refractivity contribution in [2.24, 2.45) is 14.1 Å². The summed E-state index contributed by atoms with van der Waals surface area (Å²) in [4.78, 5) is 24.8. The second-order valence-electron chi connectivity index (χ2n) is 6.66. The van der Waals surface area contributed by atoms with E-state index in [1.807, 2.05) is 0 Å². The van der Waals surface area contributed by atoms with Crippen molar-refractivity contribution >= 4 is 38.3 Å². The van der Waals surface area contributed by atoms with Gasteiger partial charge in [0.1, 0.15) is 6.04 Å². The zero-order valence-corrected chi connectivity index (χ0v) is 16.9. The van der Waals surface area contributed by atoms with Gasteiger partial charge in [-0.25, -0.2) is 13.2 Å². The molecule has 1 heterocycles. The molecule has 3 rings (SSSR count). The maximum Gasteiger partial charge on any atom is 0.328 e. The zero-order chi connectivity index (χ0) is 20.6. The number of carbonyl (C=O) groups excluding carboxylic acids is 1. The van der Waals surface area contributed by atoms with E-state index in [4.69, 9.17) is 0 Å². The maximum atomic E-state index is 12.8. The molecule has 1 N–H and O–H groups in total. The van der Waals surface area contributed by atoms with Crippen LogP contribution in [0.5, 0.6) is 0 Å². The highest BCUT2D eigenvalue weighted by Gasteiger charge is 2.29. The molecular formula is C19H22N4O4S. The standard InChI is InChI=1S/C19H22N4O4S/c1-13(23(28(4,26)27)15-8-6-5-7-9-15)18(24)20-14-10-11-16-17(12-14)22(3)19(25)21(16)2/h5-13H,1-4H3,(H,20,24). The van der Waals surface area contributed by atoms with E-state index < -0.39 is 22.0 Å². The fourth-order valence-corrected chi connectivity index (χ4v) is 4.39. The number of sulfonamides is 1. The number of nitrogens with zero attached hydrogens (tertiary/aromatic N) is 3. The lowest BCUT2D eigenvalue weighted by atomic mass is 10.2. The molecule has 8 nitrogen and oxygen atoms in total. The summed E-state index contributed by atoms with van der Waals surface area (Å²) in [6.45, 7) is 1.53. The topological polar surface area (TPSA) is 93.4 Å². The first-order chi connectivity index (χ1) is 13.1. The molecule has 9 heteroatoms. The number of hydrogen-bond donors (Lipinski definition) is 1. The van der Waals surface area contributed by atoms with E-state index in [0.717, 1.165) is 16.1 Å². The van der Waals surface area contributed by atoms with Crippen molar-refractivity contribution in [3.63, 3.8) is 0 Å². The summed E-state index contributed by atoms with van der Waals surface area (Å²) in [6, 6.07) is 12.6. The quantitative estimate of drug-likeness (QED) is 0.703. The molecule has 0 fully saturated rings. The van der Waals surface area contributed by atoms with Crippen LogP contribution in [0.4, 0.5) is 11.4 Å². The third-order valence-corrected chi connectivity index (χ3v) is 5.88. The number of fused-ring (bicyclic) bond motifs is 1. The van der Waals surface area contributed by atoms with Gasteiger partial charge in [-0.15, -0.1) is 0 Å². The summed E-state index contributed by atoms with van der Waals surface area (Å²) >= 11 is 0. The maximum absolute atomic E-state index is 12.8. The minimum atomic E-state index is -3.67. The smallest absolute Gasteiger partial charge is 0.324 e. The van der Waals surface area contributed by atoms with E-state index in [2.05, 4.69) is 5.32 Å². The molecule has 148 valence electrons. The first-order valence-electron chi connectivity index (χ1n) is 8.62. The van der Waals surface area contributed by atoms with Crippen molar-refractivity contribution in [3.05, 3.63) is 59.0 Å². The number of anilines is 2. The molecule has 0 saturated heterocycles. The number of nitrogens with one attached hydrogen (secondary N) is 1. The Hall–Kier alpha value is -3.07. The number of benzene rings is 2. The van der Waals surface area contributed by atoms with Gasteiger partial charge >= 0.3 is 5.69 Å². The Bertz CT molecular complexity index is 1200. The van der Waals surface area contributed by atoms with E-state index in [0.29, 0.717) is 16.9 Å². The van der Waals surface area contributed by atoms with Gasteiger partial charge in [-0.1, -0.05) is 18.2 Å². The second-order valence-corrected chi connectivity index (χ2v) is 8.52. The molecule has 1 aromatic heterocycles. The van der Waals surface area contributed by atoms with Gasteiger partial charge < -0.3 is 5.32 Å². The number of rotatable bonds is 5. The highest BCUT2D eigenvalue weighted by molar-refractivity contribution is 7.92. The number of aryl methyl sites for hydroxylation is 2. The van der Waals surface area contributed by atoms with Crippen LogP contribution in [-0.4, -0.2) is 35.8 Å². The van der Waals surface area contributed by atoms with E-state index in [1.54, 1.807) is 62.6 Å². The molecule has 2 aromatic carbocycles. The third kappa shape index (κ3) is 3.53. The zero-order valence-electron chi connectivity index (χ0n) is 16.1. The summed E-state index contributed by atoms with van der Waals surface area (Å²) in [7, 11) is -0.347. The van der Waals surface area contributed by atoms with Crippen molar-refractivity contribution < 1.29 is 13.2 Å². The predicted octanol–water partition coefficient (Wildman–Crippen LogP) is 1.67. The van der Waals surface area contributed by atoms with Crippen LogP contribution in [0.2, 0.25) is 0 Å². The van der Waals surface area contributed by atoms with Gasteiger partial charge in [0.25, 0.3) is 0 Å². The van der Waals surface area contributed by atoms with Crippen LogP contribution in [0.1, 0.15) is 6.92 Å². The average molecular weight is 402 g/mol. The molecule has 1 amide bonds. The van der Waals surface area contributed by atoms with Gasteiger partial charge in [0.15, 0.2) is 0 Å². The normalized spacial score (nSPS) is 12.7. The fourth-order valence-electron chi connectivity index (χ4n) is 3.21. The number of amides is 1. The first kappa shape index (κ1) is 19.7. The summed E-state index contributed by atoms with van der Waals surface area (Å²) < 4.78 is 28.7. The van der Waals surface area contributed by atoms with Gasteiger partial charge in [-0.3, -0.25) is 18.2 Å². The van der Waals surface area contributed by atoms with Crippen molar-refractivity contribution in [2.75, 3.05) is 15.9 Å². The van der Waals surface area contributed by atoms with Crippen LogP contribution in [0.15, 0.2) is 53.3 Å². The van der Waals surface area contributed by atoms with Gasteiger partial charge in [0, 0.05) is 19.8 Å². The molecule has 1 unspecified atom stereocenters. The van der Waals surface area contributed by atoms with Gasteiger partial charge in [-0.2, -0.15) is 0 Å². The predicted molar refractivity (Wildman–Crippen MR) is 110 cm³/mol. The molecule has 0 aliphatic rings. The molecular weight excluding hydrogens is 380 g/mol. The molecule has 0 aliphatic carbocycles. The molecule has 0 spiro atoms. The first-order valence-corrected chi connectivity index (χ1v) is 10.5. The van der Waals surface area contributed by atoms with Crippen molar-refractivity contribution in [3.8, 4) is 0 Å². The van der Waals surface area contributed by atoms with Gasteiger partial charge in [0.2, 0.25) is 15.9 Å². The number of aromatic nitrogens is 2. The van der Waals surface area contributed by atoms with Crippen LogP contribution >= 0.6 is 0 Å². The molecule has 0 radical (unpaired) electrons. The fraction of sp³-hybridized carbons (Fsp3) is 0.263. The lowest BCUT2D eigenvalue weighted by Gasteiger charge is -2.28. The van der Waals surface area contributed by atoms with Crippen LogP contribution < -0.4 is 15.3 Å². The molecule has 0 saturated carbocycles. The minimum absolute atomic E-state index is 0.167. The van der Waals surface area contributed by atoms with Crippen LogP contribution in [0.3, 0.4) is 0 Å². The van der Waals surface area contributed by atoms with E-state index >= 15 is 0 Å². The van der Waals surface area contributed by atoms with Crippen molar-refractivity contribution in [1.82, 2.24) is 9.13 Å². The summed E-state index contributed by atoms with van der Waals surface area (Å²) in [5, 5.41) is 2.74. The number of para-hydroxylation sites is 1. The Morgan fingerprint density at radius 1 is 1.04 bits per heavy atom. The molecule has 0 bridgehead atoms. The van der Waals surface area contributed by atoms with E-state index in [9.17, 15) is 18.0 Å². The second kappa shape index (κ2) is 7.16. The molecule has 0 aliphatic heterocycles. The Morgan fingerprint density at radius 2 is 1.64 bits per heavy atom. The summed E-state index contributed by atoms with van der Waals surface area (Å²) in [5.74, 6) is -0.477. The highest BCUT2D eigenvalue weighted by Crippen LogP contribution is 2.22. The monoisotopic (exact) mass is 402 g/mol. The van der Waals surface area contributed by atoms with Crippen molar-refractivity contribution in [1.29, 1.82) is 0 Å². The summed E-state index contributed by atoms with van der Waals surface area (Å²) in [6.07, 6.45) is 1.07. The number of carbonyl (C=O) groups is 1. The Labute approximate surface area is 163 Å². The van der Waals surface area contributed by atoms with Crippen LogP contribution in [0, 0.1) is 0 Å². The van der Waals surface area contributed by atoms with Gasteiger partial charge in [-0.05, 0) is 37.3 Å².